The van der Waals surface area contributed by atoms with Crippen molar-refractivity contribution in [1.29, 1.82) is 0 Å². The van der Waals surface area contributed by atoms with Gasteiger partial charge < -0.3 is 15.1 Å². The lowest BCUT2D eigenvalue weighted by Crippen LogP contribution is -2.31. The van der Waals surface area contributed by atoms with E-state index in [0.29, 0.717) is 22.0 Å². The van der Waals surface area contributed by atoms with Crippen molar-refractivity contribution in [2.45, 2.75) is 19.9 Å². The van der Waals surface area contributed by atoms with Gasteiger partial charge in [-0.15, -0.1) is 0 Å². The second-order valence-corrected chi connectivity index (χ2v) is 5.59. The molecule has 0 saturated heterocycles. The molecule has 0 aliphatic rings. The van der Waals surface area contributed by atoms with Crippen LogP contribution in [0.5, 0.6) is 0 Å². The highest BCUT2D eigenvalue weighted by molar-refractivity contribution is 6.31. The van der Waals surface area contributed by atoms with Gasteiger partial charge in [0, 0.05) is 17.1 Å². The number of carbonyl (C=O) groups is 2. The van der Waals surface area contributed by atoms with E-state index in [1.807, 2.05) is 13.8 Å². The molecule has 2 amide bonds. The number of anilines is 1. The average molecular weight is 333 g/mol. The molecule has 1 heterocycles. The van der Waals surface area contributed by atoms with Crippen LogP contribution < -0.4 is 10.6 Å². The van der Waals surface area contributed by atoms with Crippen molar-refractivity contribution in [2.24, 2.45) is 0 Å². The summed E-state index contributed by atoms with van der Waals surface area (Å²) in [6, 6.07) is 8.15. The first-order valence-electron chi connectivity index (χ1n) is 7.08. The number of nitrogens with one attached hydrogen (secondary N) is 2. The molecule has 1 aromatic heterocycles. The molecular formula is C17H17ClN2O3. The Labute approximate surface area is 139 Å². The smallest absolute Gasteiger partial charge is 0.253 e. The van der Waals surface area contributed by atoms with E-state index in [1.54, 1.807) is 24.3 Å². The standard InChI is InChI=1S/C17H17ClN2O3/c1-11(2)19-17(22)14-7-5-12(18)10-15(14)20-16(21)8-6-13-4-3-9-23-13/h3-11H,1-2H3,(H,19,22)(H,20,21). The van der Waals surface area contributed by atoms with Crippen LogP contribution in [0.3, 0.4) is 0 Å². The van der Waals surface area contributed by atoms with E-state index in [4.69, 9.17) is 16.0 Å². The Morgan fingerprint density at radius 3 is 2.70 bits per heavy atom. The van der Waals surface area contributed by atoms with Crippen LogP contribution in [0.2, 0.25) is 5.02 Å². The summed E-state index contributed by atoms with van der Waals surface area (Å²) in [5.41, 5.74) is 0.701. The van der Waals surface area contributed by atoms with Gasteiger partial charge in [-0.2, -0.15) is 0 Å². The van der Waals surface area contributed by atoms with Crippen molar-refractivity contribution in [3.8, 4) is 0 Å². The molecule has 0 bridgehead atoms. The highest BCUT2D eigenvalue weighted by Gasteiger charge is 2.14. The predicted octanol–water partition coefficient (Wildman–Crippen LogP) is 3.72. The Kier molecular flexibility index (Phi) is 5.60. The molecule has 0 fully saturated rings. The minimum atomic E-state index is -0.387. The molecule has 0 radical (unpaired) electrons. The first-order valence-corrected chi connectivity index (χ1v) is 7.46. The zero-order valence-electron chi connectivity index (χ0n) is 12.8. The van der Waals surface area contributed by atoms with Crippen molar-refractivity contribution in [3.63, 3.8) is 0 Å². The summed E-state index contributed by atoms with van der Waals surface area (Å²) in [7, 11) is 0. The van der Waals surface area contributed by atoms with Crippen molar-refractivity contribution >= 4 is 35.2 Å². The maximum Gasteiger partial charge on any atom is 0.253 e. The van der Waals surface area contributed by atoms with Gasteiger partial charge >= 0.3 is 0 Å². The molecule has 0 aliphatic heterocycles. The summed E-state index contributed by atoms with van der Waals surface area (Å²) in [6.45, 7) is 3.72. The Bertz CT molecular complexity index is 721. The lowest BCUT2D eigenvalue weighted by atomic mass is 10.1. The summed E-state index contributed by atoms with van der Waals surface area (Å²) < 4.78 is 5.11. The van der Waals surface area contributed by atoms with E-state index >= 15 is 0 Å². The van der Waals surface area contributed by atoms with Gasteiger partial charge in [0.15, 0.2) is 0 Å². The van der Waals surface area contributed by atoms with Gasteiger partial charge in [-0.1, -0.05) is 11.6 Å². The SMILES string of the molecule is CC(C)NC(=O)c1ccc(Cl)cc1NC(=O)C=Cc1ccco1. The zero-order valence-corrected chi connectivity index (χ0v) is 13.6. The average Bonchev–Trinajstić information content (AvgIpc) is 2.97. The van der Waals surface area contributed by atoms with Crippen molar-refractivity contribution in [1.82, 2.24) is 5.32 Å². The first-order chi connectivity index (χ1) is 11.0. The summed E-state index contributed by atoms with van der Waals surface area (Å²) in [5.74, 6) is -0.103. The molecule has 2 aromatic rings. The molecule has 120 valence electrons. The number of furan rings is 1. The highest BCUT2D eigenvalue weighted by atomic mass is 35.5. The Hall–Kier alpha value is -2.53. The number of hydrogen-bond acceptors (Lipinski definition) is 3. The quantitative estimate of drug-likeness (QED) is 0.820. The van der Waals surface area contributed by atoms with E-state index in [0.717, 1.165) is 0 Å². The monoisotopic (exact) mass is 332 g/mol. The third kappa shape index (κ3) is 5.00. The first kappa shape index (κ1) is 16.8. The van der Waals surface area contributed by atoms with Crippen LogP contribution in [0.25, 0.3) is 6.08 Å². The molecule has 0 aliphatic carbocycles. The third-order valence-corrected chi connectivity index (χ3v) is 3.08. The number of hydrogen-bond donors (Lipinski definition) is 2. The van der Waals surface area contributed by atoms with Crippen LogP contribution in [-0.4, -0.2) is 17.9 Å². The second kappa shape index (κ2) is 7.65. The normalized spacial score (nSPS) is 11.0. The summed E-state index contributed by atoms with van der Waals surface area (Å²) in [5, 5.41) is 5.86. The van der Waals surface area contributed by atoms with Crippen molar-refractivity contribution in [2.75, 3.05) is 5.32 Å². The fourth-order valence-electron chi connectivity index (χ4n) is 1.88. The van der Waals surface area contributed by atoms with Gasteiger partial charge in [0.1, 0.15) is 5.76 Å². The molecule has 0 saturated carbocycles. The number of amides is 2. The number of carbonyl (C=O) groups excluding carboxylic acids is 2. The molecule has 2 rings (SSSR count). The molecule has 6 heteroatoms. The molecule has 0 spiro atoms. The number of halogens is 1. The lowest BCUT2D eigenvalue weighted by Gasteiger charge is -2.13. The fraction of sp³-hybridized carbons (Fsp3) is 0.176. The zero-order chi connectivity index (χ0) is 16.8. The molecule has 5 nitrogen and oxygen atoms in total. The maximum atomic E-state index is 12.2. The van der Waals surface area contributed by atoms with Gasteiger partial charge in [0.2, 0.25) is 5.91 Å². The van der Waals surface area contributed by atoms with Crippen molar-refractivity contribution in [3.05, 3.63) is 59.0 Å². The Morgan fingerprint density at radius 2 is 2.04 bits per heavy atom. The van der Waals surface area contributed by atoms with Crippen LogP contribution in [0, 0.1) is 0 Å². The molecular weight excluding hydrogens is 316 g/mol. The Balaban J connectivity index is 2.16. The number of rotatable bonds is 5. The van der Waals surface area contributed by atoms with Crippen LogP contribution in [0.4, 0.5) is 5.69 Å². The van der Waals surface area contributed by atoms with Gasteiger partial charge in [0.05, 0.1) is 17.5 Å². The van der Waals surface area contributed by atoms with Gasteiger partial charge in [-0.25, -0.2) is 0 Å². The summed E-state index contributed by atoms with van der Waals surface area (Å²) >= 11 is 5.95. The minimum absolute atomic E-state index is 0.0134. The maximum absolute atomic E-state index is 12.2. The van der Waals surface area contributed by atoms with Gasteiger partial charge in [0.25, 0.3) is 5.91 Å². The van der Waals surface area contributed by atoms with Crippen LogP contribution in [0.1, 0.15) is 30.0 Å². The lowest BCUT2D eigenvalue weighted by molar-refractivity contribution is -0.111. The predicted molar refractivity (Wildman–Crippen MR) is 90.4 cm³/mol. The van der Waals surface area contributed by atoms with Crippen LogP contribution in [0.15, 0.2) is 47.1 Å². The Morgan fingerprint density at radius 1 is 1.26 bits per heavy atom. The molecule has 2 N–H and O–H groups in total. The summed E-state index contributed by atoms with van der Waals surface area (Å²) in [6.07, 6.45) is 4.38. The number of benzene rings is 1. The fourth-order valence-corrected chi connectivity index (χ4v) is 2.05. The van der Waals surface area contributed by atoms with E-state index in [9.17, 15) is 9.59 Å². The largest absolute Gasteiger partial charge is 0.465 e. The molecule has 23 heavy (non-hydrogen) atoms. The molecule has 0 unspecified atom stereocenters. The molecule has 1 aromatic carbocycles. The van der Waals surface area contributed by atoms with E-state index < -0.39 is 0 Å². The van der Waals surface area contributed by atoms with Crippen molar-refractivity contribution < 1.29 is 14.0 Å². The minimum Gasteiger partial charge on any atom is -0.465 e. The molecule has 0 atom stereocenters. The highest BCUT2D eigenvalue weighted by Crippen LogP contribution is 2.21. The van der Waals surface area contributed by atoms with Gasteiger partial charge in [-0.05, 0) is 50.3 Å². The van der Waals surface area contributed by atoms with Crippen LogP contribution >= 0.6 is 11.6 Å². The van der Waals surface area contributed by atoms with E-state index in [1.165, 1.54) is 24.5 Å². The van der Waals surface area contributed by atoms with Gasteiger partial charge in [-0.3, -0.25) is 9.59 Å². The van der Waals surface area contributed by atoms with E-state index in [-0.39, 0.29) is 17.9 Å². The topological polar surface area (TPSA) is 71.3 Å². The second-order valence-electron chi connectivity index (χ2n) is 5.16. The van der Waals surface area contributed by atoms with Crippen LogP contribution in [-0.2, 0) is 4.79 Å². The van der Waals surface area contributed by atoms with E-state index in [2.05, 4.69) is 10.6 Å². The third-order valence-electron chi connectivity index (χ3n) is 2.85. The summed E-state index contributed by atoms with van der Waals surface area (Å²) in [4.78, 5) is 24.2.